The molecule has 0 bridgehead atoms. The van der Waals surface area contributed by atoms with Crippen molar-refractivity contribution in [1.82, 2.24) is 4.31 Å². The molecular weight excluding hydrogens is 349 g/mol. The molecule has 23 heavy (non-hydrogen) atoms. The second-order valence-corrected chi connectivity index (χ2v) is 7.24. The molecule has 1 aliphatic rings. The van der Waals surface area contributed by atoms with Gasteiger partial charge in [0.05, 0.1) is 4.92 Å². The van der Waals surface area contributed by atoms with E-state index in [1.54, 1.807) is 0 Å². The predicted octanol–water partition coefficient (Wildman–Crippen LogP) is 1.90. The van der Waals surface area contributed by atoms with Crippen molar-refractivity contribution >= 4 is 28.1 Å². The Morgan fingerprint density at radius 3 is 2.70 bits per heavy atom. The Morgan fingerprint density at radius 1 is 1.48 bits per heavy atom. The van der Waals surface area contributed by atoms with E-state index in [0.29, 0.717) is 6.42 Å². The number of hydrogen-bond donors (Lipinski definition) is 1. The Hall–Kier alpha value is -1.29. The molecule has 2 atom stereocenters. The lowest BCUT2D eigenvalue weighted by atomic mass is 9.93. The summed E-state index contributed by atoms with van der Waals surface area (Å²) in [6, 6.07) is 2.64. The van der Waals surface area contributed by atoms with E-state index in [0.717, 1.165) is 24.6 Å². The van der Waals surface area contributed by atoms with E-state index in [-0.39, 0.29) is 31.4 Å². The van der Waals surface area contributed by atoms with Crippen LogP contribution >= 0.6 is 12.4 Å². The van der Waals surface area contributed by atoms with Crippen molar-refractivity contribution in [3.8, 4) is 0 Å². The fourth-order valence-corrected chi connectivity index (χ4v) is 4.81. The molecule has 1 aliphatic heterocycles. The van der Waals surface area contributed by atoms with Gasteiger partial charge >= 0.3 is 5.69 Å². The van der Waals surface area contributed by atoms with E-state index < -0.39 is 37.4 Å². The van der Waals surface area contributed by atoms with Crippen LogP contribution in [0.3, 0.4) is 0 Å². The zero-order valence-corrected chi connectivity index (χ0v) is 14.1. The Kier molecular flexibility index (Phi) is 6.46. The molecule has 1 aromatic rings. The van der Waals surface area contributed by atoms with Crippen molar-refractivity contribution in [1.29, 1.82) is 0 Å². The molecule has 1 aromatic carbocycles. The van der Waals surface area contributed by atoms with Crippen LogP contribution < -0.4 is 5.73 Å². The van der Waals surface area contributed by atoms with E-state index in [1.165, 1.54) is 4.31 Å². The predicted molar refractivity (Wildman–Crippen MR) is 85.4 cm³/mol. The summed E-state index contributed by atoms with van der Waals surface area (Å²) < 4.78 is 40.4. The maximum Gasteiger partial charge on any atom is 0.324 e. The third-order valence-electron chi connectivity index (χ3n) is 4.03. The lowest BCUT2D eigenvalue weighted by molar-refractivity contribution is -0.390. The van der Waals surface area contributed by atoms with Crippen molar-refractivity contribution in [2.24, 2.45) is 11.7 Å². The number of nitro groups is 1. The van der Waals surface area contributed by atoms with Crippen LogP contribution in [0.2, 0.25) is 0 Å². The number of sulfonamides is 1. The number of piperidine rings is 1. The molecule has 0 spiro atoms. The molecule has 130 valence electrons. The summed E-state index contributed by atoms with van der Waals surface area (Å²) >= 11 is 0. The van der Waals surface area contributed by atoms with Gasteiger partial charge in [-0.05, 0) is 30.9 Å². The smallest absolute Gasteiger partial charge is 0.324 e. The number of para-hydroxylation sites is 1. The number of nitrogens with zero attached hydrogens (tertiary/aromatic N) is 2. The number of benzene rings is 1. The quantitative estimate of drug-likeness (QED) is 0.646. The van der Waals surface area contributed by atoms with Gasteiger partial charge in [0.15, 0.2) is 4.90 Å². The number of halogens is 2. The van der Waals surface area contributed by atoms with Crippen LogP contribution in [0.25, 0.3) is 0 Å². The highest BCUT2D eigenvalue weighted by Crippen LogP contribution is 2.33. The van der Waals surface area contributed by atoms with Crippen LogP contribution in [-0.4, -0.2) is 36.8 Å². The summed E-state index contributed by atoms with van der Waals surface area (Å²) in [5.74, 6) is -1.12. The van der Waals surface area contributed by atoms with Crippen LogP contribution in [-0.2, 0) is 10.0 Å². The van der Waals surface area contributed by atoms with E-state index in [9.17, 15) is 22.9 Å². The Morgan fingerprint density at radius 2 is 2.13 bits per heavy atom. The molecule has 2 rings (SSSR count). The second-order valence-electron chi connectivity index (χ2n) is 5.38. The number of nitrogens with two attached hydrogens (primary N) is 1. The Balaban J connectivity index is 0.00000264. The van der Waals surface area contributed by atoms with Gasteiger partial charge in [-0.3, -0.25) is 10.1 Å². The van der Waals surface area contributed by atoms with Crippen molar-refractivity contribution in [2.75, 3.05) is 13.1 Å². The fraction of sp³-hybridized carbons (Fsp3) is 0.538. The number of hydrogen-bond acceptors (Lipinski definition) is 5. The zero-order chi connectivity index (χ0) is 16.5. The van der Waals surface area contributed by atoms with Crippen molar-refractivity contribution < 1.29 is 17.7 Å². The van der Waals surface area contributed by atoms with Crippen molar-refractivity contribution in [2.45, 2.75) is 30.7 Å². The SMILES string of the molecule is CC1CCCN(S(=O)(=O)c2cccc(F)c2[N+](=O)[O-])C1CN.Cl. The maximum atomic E-state index is 13.7. The lowest BCUT2D eigenvalue weighted by Crippen LogP contribution is -2.51. The highest BCUT2D eigenvalue weighted by Gasteiger charge is 2.40. The van der Waals surface area contributed by atoms with Gasteiger partial charge in [0, 0.05) is 19.1 Å². The molecule has 1 saturated heterocycles. The van der Waals surface area contributed by atoms with Gasteiger partial charge in [-0.15, -0.1) is 12.4 Å². The third kappa shape index (κ3) is 3.63. The molecule has 0 radical (unpaired) electrons. The topological polar surface area (TPSA) is 107 Å². The van der Waals surface area contributed by atoms with Crippen LogP contribution in [0.4, 0.5) is 10.1 Å². The van der Waals surface area contributed by atoms with Gasteiger partial charge in [0.25, 0.3) is 0 Å². The van der Waals surface area contributed by atoms with Crippen LogP contribution in [0.1, 0.15) is 19.8 Å². The van der Waals surface area contributed by atoms with Gasteiger partial charge in [-0.2, -0.15) is 8.70 Å². The third-order valence-corrected chi connectivity index (χ3v) is 5.98. The monoisotopic (exact) mass is 367 g/mol. The highest BCUT2D eigenvalue weighted by atomic mass is 35.5. The minimum atomic E-state index is -4.18. The minimum Gasteiger partial charge on any atom is -0.329 e. The Labute approximate surface area is 140 Å². The maximum absolute atomic E-state index is 13.7. The molecule has 2 unspecified atom stereocenters. The molecule has 7 nitrogen and oxygen atoms in total. The van der Waals surface area contributed by atoms with E-state index in [4.69, 9.17) is 5.73 Å². The first kappa shape index (κ1) is 19.8. The van der Waals surface area contributed by atoms with Gasteiger partial charge in [-0.1, -0.05) is 13.0 Å². The number of rotatable bonds is 4. The molecule has 2 N–H and O–H groups in total. The van der Waals surface area contributed by atoms with E-state index in [2.05, 4.69) is 0 Å². The Bertz CT molecular complexity index is 686. The first-order chi connectivity index (χ1) is 10.3. The normalized spacial score (nSPS) is 22.4. The van der Waals surface area contributed by atoms with Gasteiger partial charge < -0.3 is 5.73 Å². The molecule has 10 heteroatoms. The average molecular weight is 368 g/mol. The fourth-order valence-electron chi connectivity index (χ4n) is 2.87. The first-order valence-corrected chi connectivity index (χ1v) is 8.39. The van der Waals surface area contributed by atoms with Crippen LogP contribution in [0.5, 0.6) is 0 Å². The van der Waals surface area contributed by atoms with Gasteiger partial charge in [-0.25, -0.2) is 8.42 Å². The molecule has 0 amide bonds. The van der Waals surface area contributed by atoms with Crippen LogP contribution in [0, 0.1) is 21.8 Å². The van der Waals surface area contributed by atoms with Gasteiger partial charge in [0.2, 0.25) is 15.8 Å². The van der Waals surface area contributed by atoms with Crippen LogP contribution in [0.15, 0.2) is 23.1 Å². The average Bonchev–Trinajstić information content (AvgIpc) is 2.46. The summed E-state index contributed by atoms with van der Waals surface area (Å²) in [4.78, 5) is 9.42. The molecule has 1 heterocycles. The van der Waals surface area contributed by atoms with E-state index in [1.807, 2.05) is 6.92 Å². The molecule has 1 fully saturated rings. The second kappa shape index (κ2) is 7.52. The standard InChI is InChI=1S/C13H18FN3O4S.ClH/c1-9-4-3-7-16(11(9)8-15)22(20,21)12-6-2-5-10(14)13(12)17(18)19;/h2,5-6,9,11H,3-4,7-8,15H2,1H3;1H. The highest BCUT2D eigenvalue weighted by molar-refractivity contribution is 7.89. The summed E-state index contributed by atoms with van der Waals surface area (Å²) in [7, 11) is -4.18. The zero-order valence-electron chi connectivity index (χ0n) is 12.5. The minimum absolute atomic E-state index is 0. The van der Waals surface area contributed by atoms with E-state index >= 15 is 0 Å². The number of nitro benzene ring substituents is 1. The molecule has 0 aromatic heterocycles. The molecule has 0 saturated carbocycles. The largest absolute Gasteiger partial charge is 0.329 e. The summed E-state index contributed by atoms with van der Waals surface area (Å²) in [5.41, 5.74) is 4.66. The summed E-state index contributed by atoms with van der Waals surface area (Å²) in [6.45, 7) is 2.23. The van der Waals surface area contributed by atoms with Crippen molar-refractivity contribution in [3.63, 3.8) is 0 Å². The lowest BCUT2D eigenvalue weighted by Gasteiger charge is -2.38. The molecule has 0 aliphatic carbocycles. The summed E-state index contributed by atoms with van der Waals surface area (Å²) in [5, 5.41) is 11.0. The first-order valence-electron chi connectivity index (χ1n) is 6.95. The molecular formula is C13H19ClFN3O4S. The van der Waals surface area contributed by atoms with Gasteiger partial charge in [0.1, 0.15) is 0 Å². The van der Waals surface area contributed by atoms with Crippen molar-refractivity contribution in [3.05, 3.63) is 34.1 Å². The summed E-state index contributed by atoms with van der Waals surface area (Å²) in [6.07, 6.45) is 1.47.